The number of anilines is 1. The van der Waals surface area contributed by atoms with Crippen molar-refractivity contribution < 1.29 is 18.7 Å². The van der Waals surface area contributed by atoms with Gasteiger partial charge in [-0.3, -0.25) is 9.59 Å². The molecule has 0 unspecified atom stereocenters. The molecule has 1 aromatic heterocycles. The zero-order chi connectivity index (χ0) is 18.5. The SMILES string of the molecule is C[C@H](OC(=O)CCc1c[nH]c2ccccc12)C(=O)Nc1ccccc1F. The van der Waals surface area contributed by atoms with Gasteiger partial charge in [-0.1, -0.05) is 30.3 Å². The second kappa shape index (κ2) is 7.82. The van der Waals surface area contributed by atoms with Crippen LogP contribution in [0.5, 0.6) is 0 Å². The van der Waals surface area contributed by atoms with Crippen molar-refractivity contribution in [2.75, 3.05) is 5.32 Å². The standard InChI is InChI=1S/C20H19FN2O3/c1-13(20(25)23-18-9-5-3-7-16(18)21)26-19(24)11-10-14-12-22-17-8-4-2-6-15(14)17/h2-9,12-13,22H,10-11H2,1H3,(H,23,25)/t13-/m0/s1. The molecule has 0 radical (unpaired) electrons. The molecule has 0 aliphatic rings. The Bertz CT molecular complexity index is 935. The topological polar surface area (TPSA) is 71.2 Å². The van der Waals surface area contributed by atoms with E-state index in [2.05, 4.69) is 10.3 Å². The maximum absolute atomic E-state index is 13.6. The summed E-state index contributed by atoms with van der Waals surface area (Å²) < 4.78 is 18.7. The molecule has 0 saturated carbocycles. The van der Waals surface area contributed by atoms with Crippen LogP contribution in [-0.2, 0) is 20.7 Å². The molecular weight excluding hydrogens is 335 g/mol. The monoisotopic (exact) mass is 354 g/mol. The maximum Gasteiger partial charge on any atom is 0.306 e. The van der Waals surface area contributed by atoms with Gasteiger partial charge in [0.05, 0.1) is 5.69 Å². The van der Waals surface area contributed by atoms with Gasteiger partial charge in [-0.15, -0.1) is 0 Å². The van der Waals surface area contributed by atoms with Crippen molar-refractivity contribution in [3.8, 4) is 0 Å². The Balaban J connectivity index is 1.52. The van der Waals surface area contributed by atoms with Gasteiger partial charge in [-0.2, -0.15) is 0 Å². The zero-order valence-electron chi connectivity index (χ0n) is 14.3. The lowest BCUT2D eigenvalue weighted by molar-refractivity contribution is -0.153. The molecule has 134 valence electrons. The molecule has 1 amide bonds. The number of carbonyl (C=O) groups is 2. The molecule has 0 bridgehead atoms. The maximum atomic E-state index is 13.6. The smallest absolute Gasteiger partial charge is 0.306 e. The van der Waals surface area contributed by atoms with Crippen LogP contribution in [0.4, 0.5) is 10.1 Å². The molecule has 2 N–H and O–H groups in total. The van der Waals surface area contributed by atoms with Crippen LogP contribution in [0.15, 0.2) is 54.7 Å². The number of benzene rings is 2. The summed E-state index contributed by atoms with van der Waals surface area (Å²) in [5.74, 6) is -1.60. The first-order valence-corrected chi connectivity index (χ1v) is 8.34. The Hall–Kier alpha value is -3.15. The van der Waals surface area contributed by atoms with Crippen LogP contribution in [0, 0.1) is 5.82 Å². The third-order valence-electron chi connectivity index (χ3n) is 4.08. The van der Waals surface area contributed by atoms with Gasteiger partial charge < -0.3 is 15.0 Å². The lowest BCUT2D eigenvalue weighted by atomic mass is 10.1. The number of ether oxygens (including phenoxy) is 1. The van der Waals surface area contributed by atoms with Gasteiger partial charge in [0.15, 0.2) is 6.10 Å². The number of carbonyl (C=O) groups excluding carboxylic acids is 2. The van der Waals surface area contributed by atoms with Crippen molar-refractivity contribution in [1.29, 1.82) is 0 Å². The highest BCUT2D eigenvalue weighted by molar-refractivity contribution is 5.95. The van der Waals surface area contributed by atoms with E-state index in [9.17, 15) is 14.0 Å². The van der Waals surface area contributed by atoms with Crippen LogP contribution in [0.3, 0.4) is 0 Å². The lowest BCUT2D eigenvalue weighted by Crippen LogP contribution is -2.30. The summed E-state index contributed by atoms with van der Waals surface area (Å²) in [5, 5.41) is 3.47. The molecule has 1 heterocycles. The molecule has 3 aromatic rings. The van der Waals surface area contributed by atoms with Crippen LogP contribution < -0.4 is 5.32 Å². The molecule has 1 atom stereocenters. The number of halogens is 1. The Morgan fingerprint density at radius 2 is 1.88 bits per heavy atom. The molecule has 6 heteroatoms. The third-order valence-corrected chi connectivity index (χ3v) is 4.08. The van der Waals surface area contributed by atoms with Crippen molar-refractivity contribution in [2.24, 2.45) is 0 Å². The van der Waals surface area contributed by atoms with Gasteiger partial charge in [0.1, 0.15) is 5.82 Å². The molecule has 0 aliphatic carbocycles. The van der Waals surface area contributed by atoms with E-state index in [1.807, 2.05) is 30.5 Å². The number of H-pyrrole nitrogens is 1. The average Bonchev–Trinajstić information content (AvgIpc) is 3.05. The lowest BCUT2D eigenvalue weighted by Gasteiger charge is -2.13. The summed E-state index contributed by atoms with van der Waals surface area (Å²) in [7, 11) is 0. The second-order valence-electron chi connectivity index (χ2n) is 5.96. The first kappa shape index (κ1) is 17.7. The average molecular weight is 354 g/mol. The van der Waals surface area contributed by atoms with Crippen molar-refractivity contribution in [2.45, 2.75) is 25.9 Å². The largest absolute Gasteiger partial charge is 0.453 e. The molecular formula is C20H19FN2O3. The number of aryl methyl sites for hydroxylation is 1. The molecule has 5 nitrogen and oxygen atoms in total. The van der Waals surface area contributed by atoms with Gasteiger partial charge in [0.25, 0.3) is 5.91 Å². The van der Waals surface area contributed by atoms with Crippen LogP contribution in [-0.4, -0.2) is 23.0 Å². The fourth-order valence-corrected chi connectivity index (χ4v) is 2.68. The summed E-state index contributed by atoms with van der Waals surface area (Å²) in [6, 6.07) is 13.6. The first-order chi connectivity index (χ1) is 12.5. The van der Waals surface area contributed by atoms with Crippen LogP contribution in [0.2, 0.25) is 0 Å². The number of para-hydroxylation sites is 2. The highest BCUT2D eigenvalue weighted by Gasteiger charge is 2.19. The second-order valence-corrected chi connectivity index (χ2v) is 5.96. The number of amides is 1. The fraction of sp³-hybridized carbons (Fsp3) is 0.200. The van der Waals surface area contributed by atoms with E-state index in [0.717, 1.165) is 16.5 Å². The number of esters is 1. The Labute approximate surface area is 150 Å². The van der Waals surface area contributed by atoms with Gasteiger partial charge in [-0.25, -0.2) is 4.39 Å². The fourth-order valence-electron chi connectivity index (χ4n) is 2.68. The van der Waals surface area contributed by atoms with Gasteiger partial charge in [0, 0.05) is 23.5 Å². The van der Waals surface area contributed by atoms with E-state index in [1.165, 1.54) is 25.1 Å². The number of nitrogens with one attached hydrogen (secondary N) is 2. The van der Waals surface area contributed by atoms with E-state index >= 15 is 0 Å². The van der Waals surface area contributed by atoms with Crippen molar-refractivity contribution in [1.82, 2.24) is 4.98 Å². The first-order valence-electron chi connectivity index (χ1n) is 8.34. The summed E-state index contributed by atoms with van der Waals surface area (Å²) in [4.78, 5) is 27.2. The van der Waals surface area contributed by atoms with Gasteiger partial charge in [-0.05, 0) is 37.1 Å². The van der Waals surface area contributed by atoms with Crippen LogP contribution in [0.25, 0.3) is 10.9 Å². The number of hydrogen-bond acceptors (Lipinski definition) is 3. The third kappa shape index (κ3) is 4.08. The molecule has 0 fully saturated rings. The minimum Gasteiger partial charge on any atom is -0.453 e. The van der Waals surface area contributed by atoms with Crippen molar-refractivity contribution >= 4 is 28.5 Å². The van der Waals surface area contributed by atoms with Gasteiger partial charge >= 0.3 is 5.97 Å². The summed E-state index contributed by atoms with van der Waals surface area (Å²) in [6.45, 7) is 1.46. The van der Waals surface area contributed by atoms with E-state index in [-0.39, 0.29) is 12.1 Å². The normalized spacial score (nSPS) is 11.9. The Morgan fingerprint density at radius 3 is 2.69 bits per heavy atom. The Kier molecular flexibility index (Phi) is 5.31. The van der Waals surface area contributed by atoms with Crippen LogP contribution in [0.1, 0.15) is 18.9 Å². The van der Waals surface area contributed by atoms with E-state index in [1.54, 1.807) is 6.07 Å². The molecule has 0 saturated heterocycles. The molecule has 0 spiro atoms. The number of hydrogen-bond donors (Lipinski definition) is 2. The van der Waals surface area contributed by atoms with Crippen molar-refractivity contribution in [3.05, 3.63) is 66.1 Å². The molecule has 2 aromatic carbocycles. The minimum atomic E-state index is -1.01. The number of aromatic amines is 1. The van der Waals surface area contributed by atoms with Crippen LogP contribution >= 0.6 is 0 Å². The quantitative estimate of drug-likeness (QED) is 0.661. The summed E-state index contributed by atoms with van der Waals surface area (Å²) >= 11 is 0. The summed E-state index contributed by atoms with van der Waals surface area (Å²) in [6.07, 6.45) is 1.51. The minimum absolute atomic E-state index is 0.0548. The predicted molar refractivity (Wildman–Crippen MR) is 97.2 cm³/mol. The Morgan fingerprint density at radius 1 is 1.15 bits per heavy atom. The molecule has 3 rings (SSSR count). The zero-order valence-corrected chi connectivity index (χ0v) is 14.3. The molecule has 0 aliphatic heterocycles. The number of rotatable bonds is 6. The molecule has 26 heavy (non-hydrogen) atoms. The predicted octanol–water partition coefficient (Wildman–Crippen LogP) is 3.81. The highest BCUT2D eigenvalue weighted by Crippen LogP contribution is 2.19. The van der Waals surface area contributed by atoms with E-state index < -0.39 is 23.8 Å². The van der Waals surface area contributed by atoms with E-state index in [0.29, 0.717) is 6.42 Å². The van der Waals surface area contributed by atoms with E-state index in [4.69, 9.17) is 4.74 Å². The highest BCUT2D eigenvalue weighted by atomic mass is 19.1. The number of fused-ring (bicyclic) bond motifs is 1. The summed E-state index contributed by atoms with van der Waals surface area (Å²) in [5.41, 5.74) is 2.08. The van der Waals surface area contributed by atoms with Crippen molar-refractivity contribution in [3.63, 3.8) is 0 Å². The van der Waals surface area contributed by atoms with Gasteiger partial charge in [0.2, 0.25) is 0 Å². The number of aromatic nitrogens is 1.